The van der Waals surface area contributed by atoms with Crippen LogP contribution in [0.3, 0.4) is 0 Å². The number of likely N-dealkylation sites (tertiary alicyclic amines) is 1. The van der Waals surface area contributed by atoms with E-state index in [4.69, 9.17) is 9.15 Å². The molecule has 1 aromatic heterocycles. The lowest BCUT2D eigenvalue weighted by Crippen LogP contribution is -2.43. The fraction of sp³-hybridized carbons (Fsp3) is 0.500. The van der Waals surface area contributed by atoms with Crippen LogP contribution in [0.25, 0.3) is 11.5 Å². The van der Waals surface area contributed by atoms with Gasteiger partial charge in [0.05, 0.1) is 6.10 Å². The van der Waals surface area contributed by atoms with Gasteiger partial charge in [0.1, 0.15) is 5.78 Å². The predicted octanol–water partition coefficient (Wildman–Crippen LogP) is 6.43. The molecule has 0 saturated carbocycles. The standard InChI is InChI=1S/C17H16N2O.C11H21NO2.C2H6/c1-13(12-14-8-4-2-5-9-14)16-18-19-17(20-16)15-10-6-3-7-11-15;1-8(9(2)13)11(14-4)10-6-5-7-12(10)3;1-2/h2-11,13H,12H2,1H3;8,10-11H,5-7H2,1-4H3;1-2H3. The maximum absolute atomic E-state index is 11.3. The van der Waals surface area contributed by atoms with Gasteiger partial charge in [-0.1, -0.05) is 76.2 Å². The van der Waals surface area contributed by atoms with Crippen LogP contribution < -0.4 is 0 Å². The lowest BCUT2D eigenvalue weighted by Gasteiger charge is -2.31. The SMILES string of the molecule is CC.CC(Cc1ccccc1)c1nnc(-c2ccccc2)o1.COC(C(C)C(C)=O)C1CCCN1C. The molecule has 2 heterocycles. The van der Waals surface area contributed by atoms with Crippen LogP contribution in [-0.2, 0) is 16.0 Å². The summed E-state index contributed by atoms with van der Waals surface area (Å²) in [6.07, 6.45) is 3.32. The molecule has 6 nitrogen and oxygen atoms in total. The molecular formula is C30H43N3O3. The lowest BCUT2D eigenvalue weighted by molar-refractivity contribution is -0.126. The van der Waals surface area contributed by atoms with E-state index in [0.29, 0.717) is 17.8 Å². The van der Waals surface area contributed by atoms with Gasteiger partial charge in [0.15, 0.2) is 0 Å². The largest absolute Gasteiger partial charge is 0.420 e. The van der Waals surface area contributed by atoms with Gasteiger partial charge in [0.2, 0.25) is 11.8 Å². The number of ketones is 1. The van der Waals surface area contributed by atoms with Gasteiger partial charge in [0.25, 0.3) is 0 Å². The molecule has 0 aliphatic carbocycles. The Bertz CT molecular complexity index is 1010. The third-order valence-electron chi connectivity index (χ3n) is 6.63. The van der Waals surface area contributed by atoms with Crippen LogP contribution >= 0.6 is 0 Å². The second kappa shape index (κ2) is 15.3. The number of aromatic nitrogens is 2. The highest BCUT2D eigenvalue weighted by Crippen LogP contribution is 2.25. The van der Waals surface area contributed by atoms with Gasteiger partial charge in [-0.2, -0.15) is 0 Å². The summed E-state index contributed by atoms with van der Waals surface area (Å²) >= 11 is 0. The highest BCUT2D eigenvalue weighted by Gasteiger charge is 2.34. The van der Waals surface area contributed by atoms with Crippen LogP contribution in [0.4, 0.5) is 0 Å². The van der Waals surface area contributed by atoms with E-state index in [1.54, 1.807) is 14.0 Å². The van der Waals surface area contributed by atoms with Crippen molar-refractivity contribution >= 4 is 5.78 Å². The topological polar surface area (TPSA) is 68.5 Å². The molecule has 1 aliphatic heterocycles. The molecule has 1 fully saturated rings. The summed E-state index contributed by atoms with van der Waals surface area (Å²) < 4.78 is 11.2. The number of carbonyl (C=O) groups excluding carboxylic acids is 1. The highest BCUT2D eigenvalue weighted by molar-refractivity contribution is 5.78. The number of likely N-dealkylation sites (N-methyl/N-ethyl adjacent to an activating group) is 1. The number of carbonyl (C=O) groups is 1. The van der Waals surface area contributed by atoms with Gasteiger partial charge in [0, 0.05) is 30.6 Å². The highest BCUT2D eigenvalue weighted by atomic mass is 16.5. The average molecular weight is 494 g/mol. The van der Waals surface area contributed by atoms with Crippen molar-refractivity contribution in [3.05, 3.63) is 72.1 Å². The van der Waals surface area contributed by atoms with Crippen LogP contribution in [0.1, 0.15) is 64.8 Å². The molecule has 0 radical (unpaired) electrons. The molecule has 0 bridgehead atoms. The smallest absolute Gasteiger partial charge is 0.247 e. The molecule has 1 aliphatic rings. The number of rotatable bonds is 8. The molecule has 4 unspecified atom stereocenters. The molecule has 4 rings (SSSR count). The molecule has 196 valence electrons. The molecule has 36 heavy (non-hydrogen) atoms. The maximum Gasteiger partial charge on any atom is 0.247 e. The fourth-order valence-corrected chi connectivity index (χ4v) is 4.46. The number of hydrogen-bond acceptors (Lipinski definition) is 6. The third-order valence-corrected chi connectivity index (χ3v) is 6.63. The van der Waals surface area contributed by atoms with Crippen LogP contribution in [-0.4, -0.2) is 53.7 Å². The van der Waals surface area contributed by atoms with Gasteiger partial charge in [-0.05, 0) is 57.5 Å². The zero-order valence-electron chi connectivity index (χ0n) is 23.0. The van der Waals surface area contributed by atoms with E-state index in [2.05, 4.69) is 41.2 Å². The van der Waals surface area contributed by atoms with Crippen molar-refractivity contribution in [2.24, 2.45) is 5.92 Å². The van der Waals surface area contributed by atoms with Crippen LogP contribution in [0, 0.1) is 5.92 Å². The number of benzene rings is 2. The van der Waals surface area contributed by atoms with Crippen LogP contribution in [0.2, 0.25) is 0 Å². The summed E-state index contributed by atoms with van der Waals surface area (Å²) in [6.45, 7) is 10.8. The fourth-order valence-electron chi connectivity index (χ4n) is 4.46. The van der Waals surface area contributed by atoms with Crippen molar-refractivity contribution in [1.29, 1.82) is 0 Å². The minimum atomic E-state index is 0.00514. The van der Waals surface area contributed by atoms with Gasteiger partial charge >= 0.3 is 0 Å². The molecule has 4 atom stereocenters. The van der Waals surface area contributed by atoms with Crippen molar-refractivity contribution < 1.29 is 13.9 Å². The van der Waals surface area contributed by atoms with Crippen LogP contribution in [0.15, 0.2) is 65.1 Å². The van der Waals surface area contributed by atoms with Crippen molar-refractivity contribution in [3.63, 3.8) is 0 Å². The van der Waals surface area contributed by atoms with E-state index < -0.39 is 0 Å². The lowest BCUT2D eigenvalue weighted by atomic mass is 9.93. The summed E-state index contributed by atoms with van der Waals surface area (Å²) in [5.41, 5.74) is 2.23. The van der Waals surface area contributed by atoms with E-state index >= 15 is 0 Å². The van der Waals surface area contributed by atoms with E-state index in [-0.39, 0.29) is 23.7 Å². The summed E-state index contributed by atoms with van der Waals surface area (Å²) in [5, 5.41) is 8.30. The number of hydrogen-bond donors (Lipinski definition) is 0. The normalized spacial score (nSPS) is 17.7. The van der Waals surface area contributed by atoms with Gasteiger partial charge in [-0.25, -0.2) is 0 Å². The van der Waals surface area contributed by atoms with E-state index in [0.717, 1.165) is 24.9 Å². The number of ether oxygens (including phenoxy) is 1. The molecule has 2 aromatic carbocycles. The first kappa shape index (κ1) is 29.4. The summed E-state index contributed by atoms with van der Waals surface area (Å²) in [4.78, 5) is 13.6. The number of Topliss-reactive ketones (excluding diaryl/α,β-unsaturated/α-hetero) is 1. The molecule has 1 saturated heterocycles. The minimum absolute atomic E-state index is 0.00514. The Hall–Kier alpha value is -2.83. The summed E-state index contributed by atoms with van der Waals surface area (Å²) in [7, 11) is 3.81. The average Bonchev–Trinajstić information content (AvgIpc) is 3.57. The maximum atomic E-state index is 11.3. The van der Waals surface area contributed by atoms with E-state index in [9.17, 15) is 4.79 Å². The second-order valence-electron chi connectivity index (χ2n) is 9.19. The van der Waals surface area contributed by atoms with Gasteiger partial charge in [-0.15, -0.1) is 10.2 Å². The first-order valence-corrected chi connectivity index (χ1v) is 13.1. The third kappa shape index (κ3) is 8.38. The predicted molar refractivity (Wildman–Crippen MR) is 146 cm³/mol. The molecule has 0 spiro atoms. The Balaban J connectivity index is 0.000000252. The van der Waals surface area contributed by atoms with Crippen molar-refractivity contribution in [2.45, 2.75) is 71.9 Å². The second-order valence-corrected chi connectivity index (χ2v) is 9.19. The molecule has 3 aromatic rings. The van der Waals surface area contributed by atoms with Crippen molar-refractivity contribution in [1.82, 2.24) is 15.1 Å². The Labute approximate surface area is 217 Å². The van der Waals surface area contributed by atoms with E-state index in [1.165, 1.54) is 12.0 Å². The zero-order chi connectivity index (χ0) is 26.5. The molecule has 6 heteroatoms. The Morgan fingerprint density at radius 1 is 1.06 bits per heavy atom. The monoisotopic (exact) mass is 493 g/mol. The molecule has 0 amide bonds. The zero-order valence-corrected chi connectivity index (χ0v) is 23.0. The first-order chi connectivity index (χ1) is 17.4. The number of methoxy groups -OCH3 is 1. The Kier molecular flexibility index (Phi) is 12.5. The molecular weight excluding hydrogens is 450 g/mol. The van der Waals surface area contributed by atoms with Crippen LogP contribution in [0.5, 0.6) is 0 Å². The van der Waals surface area contributed by atoms with Crippen molar-refractivity contribution in [3.8, 4) is 11.5 Å². The Morgan fingerprint density at radius 3 is 2.19 bits per heavy atom. The Morgan fingerprint density at radius 2 is 1.67 bits per heavy atom. The molecule has 0 N–H and O–H groups in total. The number of nitrogens with zero attached hydrogens (tertiary/aromatic N) is 3. The quantitative estimate of drug-likeness (QED) is 0.360. The first-order valence-electron chi connectivity index (χ1n) is 13.1. The minimum Gasteiger partial charge on any atom is -0.420 e. The van der Waals surface area contributed by atoms with E-state index in [1.807, 2.05) is 69.3 Å². The van der Waals surface area contributed by atoms with Gasteiger partial charge in [-0.3, -0.25) is 4.79 Å². The van der Waals surface area contributed by atoms with Gasteiger partial charge < -0.3 is 14.1 Å². The summed E-state index contributed by atoms with van der Waals surface area (Å²) in [6, 6.07) is 20.6. The van der Waals surface area contributed by atoms with Crippen molar-refractivity contribution in [2.75, 3.05) is 20.7 Å². The summed E-state index contributed by atoms with van der Waals surface area (Å²) in [5.74, 6) is 1.71.